The molecule has 1 aromatic heterocycles. The Morgan fingerprint density at radius 2 is 1.61 bits per heavy atom. The lowest BCUT2D eigenvalue weighted by Gasteiger charge is -2.09. The molecule has 138 valence electrons. The molecule has 0 spiro atoms. The molecule has 1 amide bonds. The topological polar surface area (TPSA) is 66.9 Å². The van der Waals surface area contributed by atoms with Crippen molar-refractivity contribution in [3.63, 3.8) is 0 Å². The zero-order valence-electron chi connectivity index (χ0n) is 15.4. The number of fused-ring (bicyclic) bond motifs is 1. The third-order valence-electron chi connectivity index (χ3n) is 4.77. The van der Waals surface area contributed by atoms with E-state index in [1.807, 2.05) is 61.5 Å². The molecular formula is C23H19N3O2. The third-order valence-corrected chi connectivity index (χ3v) is 4.77. The summed E-state index contributed by atoms with van der Waals surface area (Å²) in [5.74, 6) is -0.454. The number of hydrogen-bond donors (Lipinski definition) is 1. The van der Waals surface area contributed by atoms with E-state index < -0.39 is 5.91 Å². The van der Waals surface area contributed by atoms with Gasteiger partial charge in [-0.3, -0.25) is 4.79 Å². The number of benzene rings is 3. The predicted octanol–water partition coefficient (Wildman–Crippen LogP) is 5.63. The zero-order chi connectivity index (χ0) is 19.5. The summed E-state index contributed by atoms with van der Waals surface area (Å²) in [5, 5.41) is 19.5. The monoisotopic (exact) mass is 369 g/mol. The molecule has 0 fully saturated rings. The van der Waals surface area contributed by atoms with Crippen molar-refractivity contribution in [2.24, 2.45) is 10.2 Å². The van der Waals surface area contributed by atoms with E-state index in [0.29, 0.717) is 17.8 Å². The number of carbonyl (C=O) groups is 1. The van der Waals surface area contributed by atoms with Gasteiger partial charge < -0.3 is 9.67 Å². The van der Waals surface area contributed by atoms with Crippen LogP contribution in [0.25, 0.3) is 10.9 Å². The van der Waals surface area contributed by atoms with Crippen molar-refractivity contribution in [3.05, 3.63) is 95.6 Å². The van der Waals surface area contributed by atoms with Crippen molar-refractivity contribution in [1.29, 1.82) is 0 Å². The van der Waals surface area contributed by atoms with Crippen LogP contribution in [-0.4, -0.2) is 15.6 Å². The van der Waals surface area contributed by atoms with Crippen LogP contribution >= 0.6 is 0 Å². The SMILES string of the molecule is Cc1ccccc1Cn1c(O)c(N=NC(=O)c2ccccc2)c2ccccc21. The van der Waals surface area contributed by atoms with Crippen LogP contribution in [0.3, 0.4) is 0 Å². The summed E-state index contributed by atoms with van der Waals surface area (Å²) in [5.41, 5.74) is 3.83. The van der Waals surface area contributed by atoms with Crippen LogP contribution in [0.1, 0.15) is 21.5 Å². The molecule has 3 aromatic carbocycles. The molecule has 4 aromatic rings. The number of amides is 1. The van der Waals surface area contributed by atoms with Gasteiger partial charge in [-0.25, -0.2) is 0 Å². The molecule has 0 aliphatic rings. The minimum absolute atomic E-state index is 0.00550. The molecule has 5 nitrogen and oxygen atoms in total. The van der Waals surface area contributed by atoms with Gasteiger partial charge in [-0.2, -0.15) is 0 Å². The smallest absolute Gasteiger partial charge is 0.295 e. The largest absolute Gasteiger partial charge is 0.493 e. The van der Waals surface area contributed by atoms with Crippen molar-refractivity contribution >= 4 is 22.5 Å². The molecule has 4 rings (SSSR count). The Bertz CT molecular complexity index is 1180. The van der Waals surface area contributed by atoms with Crippen molar-refractivity contribution < 1.29 is 9.90 Å². The standard InChI is InChI=1S/C23H19N3O2/c1-16-9-5-6-12-18(16)15-26-20-14-8-7-13-19(20)21(23(26)28)24-25-22(27)17-10-3-2-4-11-17/h2-14,28H,15H2,1H3. The second-order valence-corrected chi connectivity index (χ2v) is 6.57. The lowest BCUT2D eigenvalue weighted by atomic mass is 10.1. The molecular weight excluding hydrogens is 350 g/mol. The summed E-state index contributed by atoms with van der Waals surface area (Å²) in [6, 6.07) is 24.3. The Kier molecular flexibility index (Phi) is 4.72. The summed E-state index contributed by atoms with van der Waals surface area (Å²) < 4.78 is 1.79. The fraction of sp³-hybridized carbons (Fsp3) is 0.0870. The maximum atomic E-state index is 12.3. The minimum Gasteiger partial charge on any atom is -0.493 e. The lowest BCUT2D eigenvalue weighted by molar-refractivity contribution is 0.0995. The van der Waals surface area contributed by atoms with E-state index in [1.54, 1.807) is 28.8 Å². The predicted molar refractivity (Wildman–Crippen MR) is 109 cm³/mol. The molecule has 0 unspecified atom stereocenters. The van der Waals surface area contributed by atoms with Crippen LogP contribution in [0.2, 0.25) is 0 Å². The molecule has 0 saturated heterocycles. The van der Waals surface area contributed by atoms with Gasteiger partial charge in [-0.15, -0.1) is 10.2 Å². The summed E-state index contributed by atoms with van der Waals surface area (Å²) in [7, 11) is 0. The summed E-state index contributed by atoms with van der Waals surface area (Å²) in [6.45, 7) is 2.54. The van der Waals surface area contributed by atoms with Gasteiger partial charge in [-0.05, 0) is 36.2 Å². The average molecular weight is 369 g/mol. The molecule has 0 aliphatic carbocycles. The summed E-state index contributed by atoms with van der Waals surface area (Å²) >= 11 is 0. The van der Waals surface area contributed by atoms with Gasteiger partial charge in [0.05, 0.1) is 12.1 Å². The fourth-order valence-corrected chi connectivity index (χ4v) is 3.22. The lowest BCUT2D eigenvalue weighted by Crippen LogP contribution is -2.00. The van der Waals surface area contributed by atoms with Crippen LogP contribution in [0.4, 0.5) is 5.69 Å². The van der Waals surface area contributed by atoms with Crippen LogP contribution in [0, 0.1) is 6.92 Å². The highest BCUT2D eigenvalue weighted by atomic mass is 16.3. The van der Waals surface area contributed by atoms with Crippen molar-refractivity contribution in [2.75, 3.05) is 0 Å². The molecule has 5 heteroatoms. The van der Waals surface area contributed by atoms with Gasteiger partial charge in [0.2, 0.25) is 5.88 Å². The average Bonchev–Trinajstić information content (AvgIpc) is 3.00. The Morgan fingerprint density at radius 1 is 0.929 bits per heavy atom. The summed E-state index contributed by atoms with van der Waals surface area (Å²) in [4.78, 5) is 12.3. The Morgan fingerprint density at radius 3 is 2.39 bits per heavy atom. The Labute approximate surface area is 162 Å². The van der Waals surface area contributed by atoms with Crippen LogP contribution in [0.15, 0.2) is 89.1 Å². The molecule has 1 N–H and O–H groups in total. The first-order chi connectivity index (χ1) is 13.6. The third kappa shape index (κ3) is 3.30. The number of hydrogen-bond acceptors (Lipinski definition) is 3. The van der Waals surface area contributed by atoms with Gasteiger partial charge in [0.15, 0.2) is 5.69 Å². The van der Waals surface area contributed by atoms with Gasteiger partial charge in [0, 0.05) is 10.9 Å². The van der Waals surface area contributed by atoms with Gasteiger partial charge in [0.1, 0.15) is 0 Å². The van der Waals surface area contributed by atoms with Crippen molar-refractivity contribution in [3.8, 4) is 5.88 Å². The number of aromatic hydroxyl groups is 1. The number of aromatic nitrogens is 1. The number of para-hydroxylation sites is 1. The fourth-order valence-electron chi connectivity index (χ4n) is 3.22. The molecule has 28 heavy (non-hydrogen) atoms. The highest BCUT2D eigenvalue weighted by molar-refractivity contribution is 5.97. The Balaban J connectivity index is 1.75. The van der Waals surface area contributed by atoms with Gasteiger partial charge in [0.25, 0.3) is 5.91 Å². The van der Waals surface area contributed by atoms with Gasteiger partial charge >= 0.3 is 0 Å². The molecule has 0 bridgehead atoms. The van der Waals surface area contributed by atoms with E-state index in [0.717, 1.165) is 22.0 Å². The van der Waals surface area contributed by atoms with E-state index in [-0.39, 0.29) is 5.88 Å². The second kappa shape index (κ2) is 7.48. The normalized spacial score (nSPS) is 11.3. The van der Waals surface area contributed by atoms with Crippen LogP contribution in [0.5, 0.6) is 5.88 Å². The molecule has 0 radical (unpaired) electrons. The van der Waals surface area contributed by atoms with Crippen LogP contribution < -0.4 is 0 Å². The first-order valence-electron chi connectivity index (χ1n) is 9.01. The number of aryl methyl sites for hydroxylation is 1. The summed E-state index contributed by atoms with van der Waals surface area (Å²) in [6.07, 6.45) is 0. The van der Waals surface area contributed by atoms with Crippen molar-refractivity contribution in [2.45, 2.75) is 13.5 Å². The number of carbonyl (C=O) groups excluding carboxylic acids is 1. The van der Waals surface area contributed by atoms with E-state index in [4.69, 9.17) is 0 Å². The van der Waals surface area contributed by atoms with E-state index in [9.17, 15) is 9.90 Å². The molecule has 0 saturated carbocycles. The first kappa shape index (κ1) is 17.7. The zero-order valence-corrected chi connectivity index (χ0v) is 15.4. The van der Waals surface area contributed by atoms with Gasteiger partial charge in [-0.1, -0.05) is 60.7 Å². The number of rotatable bonds is 4. The maximum absolute atomic E-state index is 12.3. The van der Waals surface area contributed by atoms with Crippen LogP contribution in [-0.2, 0) is 6.54 Å². The highest BCUT2D eigenvalue weighted by Crippen LogP contribution is 2.39. The van der Waals surface area contributed by atoms with Crippen molar-refractivity contribution in [1.82, 2.24) is 4.57 Å². The van der Waals surface area contributed by atoms with E-state index >= 15 is 0 Å². The molecule has 0 aliphatic heterocycles. The molecule has 0 atom stereocenters. The highest BCUT2D eigenvalue weighted by Gasteiger charge is 2.17. The quantitative estimate of drug-likeness (QED) is 0.474. The maximum Gasteiger partial charge on any atom is 0.295 e. The number of azo groups is 1. The van der Waals surface area contributed by atoms with E-state index in [2.05, 4.69) is 10.2 Å². The molecule has 1 heterocycles. The number of nitrogens with zero attached hydrogens (tertiary/aromatic N) is 3. The Hall–Kier alpha value is -3.73. The van der Waals surface area contributed by atoms with E-state index in [1.165, 1.54) is 0 Å². The first-order valence-corrected chi connectivity index (χ1v) is 9.01. The minimum atomic E-state index is -0.448. The second-order valence-electron chi connectivity index (χ2n) is 6.57.